The lowest BCUT2D eigenvalue weighted by Crippen LogP contribution is -2.31. The molecule has 0 amide bonds. The minimum absolute atomic E-state index is 0.0848. The van der Waals surface area contributed by atoms with Gasteiger partial charge in [0.1, 0.15) is 17.6 Å². The van der Waals surface area contributed by atoms with E-state index in [1.54, 1.807) is 24.3 Å². The molecule has 3 aliphatic rings. The number of benzene rings is 3. The summed E-state index contributed by atoms with van der Waals surface area (Å²) in [5, 5.41) is 1.92. The van der Waals surface area contributed by atoms with Crippen LogP contribution in [0.4, 0.5) is 13.2 Å². The highest BCUT2D eigenvalue weighted by Gasteiger charge is 2.38. The van der Waals surface area contributed by atoms with Gasteiger partial charge in [-0.3, -0.25) is 4.79 Å². The van der Waals surface area contributed by atoms with E-state index in [4.69, 9.17) is 14.2 Å². The predicted molar refractivity (Wildman–Crippen MR) is 148 cm³/mol. The van der Waals surface area contributed by atoms with E-state index in [2.05, 4.69) is 11.5 Å². The molecule has 0 spiro atoms. The van der Waals surface area contributed by atoms with Gasteiger partial charge in [0.25, 0.3) is 0 Å². The fraction of sp³-hybridized carbons (Fsp3) is 0.344. The Labute approximate surface area is 236 Å². The Bertz CT molecular complexity index is 1520. The minimum Gasteiger partial charge on any atom is -0.492 e. The lowest BCUT2D eigenvalue weighted by molar-refractivity contribution is -0.141. The van der Waals surface area contributed by atoms with Crippen molar-refractivity contribution in [1.29, 1.82) is 0 Å². The summed E-state index contributed by atoms with van der Waals surface area (Å²) in [6, 6.07) is 15.7. The van der Waals surface area contributed by atoms with Crippen LogP contribution < -0.4 is 14.9 Å². The van der Waals surface area contributed by atoms with Gasteiger partial charge in [-0.15, -0.1) is 0 Å². The highest BCUT2D eigenvalue weighted by Crippen LogP contribution is 2.47. The van der Waals surface area contributed by atoms with E-state index >= 15 is 0 Å². The van der Waals surface area contributed by atoms with E-state index in [1.807, 2.05) is 43.2 Å². The standard InChI is InChI=1S/C32H31F3N2O4/c1-18-14-27(37(2)36-18)19-4-6-20(7-5-19)31-25-11-13-28(24(25)10-12-26(31)32(33,34)35)41-22-8-9-23-21(15-30(38)39-3)17-40-29(23)16-22/h4-10,12,14,16,18,21,28,36H,11,13,15,17H2,1-3H3. The van der Waals surface area contributed by atoms with Gasteiger partial charge >= 0.3 is 12.1 Å². The summed E-state index contributed by atoms with van der Waals surface area (Å²) in [7, 11) is 3.28. The molecular formula is C32H31F3N2O4. The van der Waals surface area contributed by atoms with E-state index in [9.17, 15) is 18.0 Å². The molecule has 0 aromatic heterocycles. The van der Waals surface area contributed by atoms with Crippen molar-refractivity contribution in [1.82, 2.24) is 10.4 Å². The molecule has 2 heterocycles. The van der Waals surface area contributed by atoms with E-state index in [1.165, 1.54) is 13.2 Å². The molecule has 6 rings (SSSR count). The van der Waals surface area contributed by atoms with Crippen molar-refractivity contribution in [3.8, 4) is 22.6 Å². The summed E-state index contributed by atoms with van der Waals surface area (Å²) < 4.78 is 59.6. The first-order valence-electron chi connectivity index (χ1n) is 13.7. The number of hydrazine groups is 1. The van der Waals surface area contributed by atoms with Crippen molar-refractivity contribution in [3.63, 3.8) is 0 Å². The fourth-order valence-corrected chi connectivity index (χ4v) is 6.16. The summed E-state index contributed by atoms with van der Waals surface area (Å²) in [5.41, 5.74) is 7.65. The van der Waals surface area contributed by atoms with Crippen molar-refractivity contribution in [2.24, 2.45) is 0 Å². The molecule has 9 heteroatoms. The maximum atomic E-state index is 14.2. The molecular weight excluding hydrogens is 533 g/mol. The normalized spacial score (nSPS) is 21.3. The van der Waals surface area contributed by atoms with Crippen LogP contribution in [0.2, 0.25) is 0 Å². The number of nitrogens with zero attached hydrogens (tertiary/aromatic N) is 1. The first-order chi connectivity index (χ1) is 19.6. The van der Waals surface area contributed by atoms with Crippen LogP contribution in [0.3, 0.4) is 0 Å². The Kier molecular flexibility index (Phi) is 6.93. The van der Waals surface area contributed by atoms with Crippen LogP contribution in [0, 0.1) is 0 Å². The van der Waals surface area contributed by atoms with Crippen molar-refractivity contribution in [2.45, 2.75) is 50.4 Å². The Morgan fingerprint density at radius 3 is 2.49 bits per heavy atom. The summed E-state index contributed by atoms with van der Waals surface area (Å²) in [6.07, 6.45) is -1.53. The number of esters is 1. The average molecular weight is 565 g/mol. The summed E-state index contributed by atoms with van der Waals surface area (Å²) >= 11 is 0. The number of ether oxygens (including phenoxy) is 3. The number of methoxy groups -OCH3 is 1. The van der Waals surface area contributed by atoms with Gasteiger partial charge in [0.2, 0.25) is 0 Å². The summed E-state index contributed by atoms with van der Waals surface area (Å²) in [6.45, 7) is 2.42. The second-order valence-corrected chi connectivity index (χ2v) is 10.8. The Balaban J connectivity index is 1.29. The summed E-state index contributed by atoms with van der Waals surface area (Å²) in [5.74, 6) is 0.837. The second-order valence-electron chi connectivity index (χ2n) is 10.8. The van der Waals surface area contributed by atoms with Crippen molar-refractivity contribution >= 4 is 11.7 Å². The van der Waals surface area contributed by atoms with Crippen LogP contribution in [-0.2, 0) is 22.1 Å². The van der Waals surface area contributed by atoms with Crippen LogP contribution >= 0.6 is 0 Å². The van der Waals surface area contributed by atoms with Crippen LogP contribution in [0.1, 0.15) is 59.6 Å². The van der Waals surface area contributed by atoms with Crippen LogP contribution in [-0.4, -0.2) is 37.8 Å². The molecule has 1 aliphatic carbocycles. The van der Waals surface area contributed by atoms with Gasteiger partial charge in [-0.25, -0.2) is 5.43 Å². The van der Waals surface area contributed by atoms with Crippen molar-refractivity contribution < 1.29 is 32.2 Å². The first-order valence-corrected chi connectivity index (χ1v) is 13.7. The topological polar surface area (TPSA) is 60.0 Å². The number of rotatable bonds is 6. The Hall–Kier alpha value is -3.98. The van der Waals surface area contributed by atoms with E-state index < -0.39 is 11.7 Å². The zero-order valence-corrected chi connectivity index (χ0v) is 23.0. The number of hydrogen-bond acceptors (Lipinski definition) is 6. The lowest BCUT2D eigenvalue weighted by atomic mass is 9.90. The molecule has 3 aromatic rings. The number of carbonyl (C=O) groups excluding carboxylic acids is 1. The molecule has 41 heavy (non-hydrogen) atoms. The molecule has 0 bridgehead atoms. The minimum atomic E-state index is -4.49. The molecule has 0 saturated heterocycles. The number of hydrogen-bond donors (Lipinski definition) is 1. The molecule has 6 nitrogen and oxygen atoms in total. The van der Waals surface area contributed by atoms with E-state index in [0.717, 1.165) is 22.4 Å². The number of halogens is 3. The third-order valence-corrected chi connectivity index (χ3v) is 8.08. The highest BCUT2D eigenvalue weighted by molar-refractivity contribution is 5.77. The van der Waals surface area contributed by atoms with E-state index in [-0.39, 0.29) is 36.0 Å². The van der Waals surface area contributed by atoms with Crippen LogP contribution in [0.5, 0.6) is 11.5 Å². The average Bonchev–Trinajstić information content (AvgIpc) is 3.64. The van der Waals surface area contributed by atoms with Gasteiger partial charge in [0, 0.05) is 30.6 Å². The third kappa shape index (κ3) is 5.14. The number of alkyl halides is 3. The highest BCUT2D eigenvalue weighted by atomic mass is 19.4. The number of nitrogens with one attached hydrogen (secondary N) is 1. The smallest absolute Gasteiger partial charge is 0.417 e. The predicted octanol–water partition coefficient (Wildman–Crippen LogP) is 6.66. The molecule has 1 N–H and O–H groups in total. The fourth-order valence-electron chi connectivity index (χ4n) is 6.16. The van der Waals surface area contributed by atoms with Crippen LogP contribution in [0.15, 0.2) is 60.7 Å². The van der Waals surface area contributed by atoms with Gasteiger partial charge in [0.05, 0.1) is 31.4 Å². The second kappa shape index (κ2) is 10.4. The zero-order valence-electron chi connectivity index (χ0n) is 23.0. The van der Waals surface area contributed by atoms with Gasteiger partial charge < -0.3 is 19.2 Å². The molecule has 214 valence electrons. The first kappa shape index (κ1) is 27.2. The molecule has 3 atom stereocenters. The van der Waals surface area contributed by atoms with Gasteiger partial charge in [-0.2, -0.15) is 13.2 Å². The maximum absolute atomic E-state index is 14.2. The zero-order chi connectivity index (χ0) is 28.9. The number of fused-ring (bicyclic) bond motifs is 2. The Morgan fingerprint density at radius 2 is 1.80 bits per heavy atom. The van der Waals surface area contributed by atoms with Gasteiger partial charge in [-0.1, -0.05) is 36.4 Å². The molecule has 0 radical (unpaired) electrons. The van der Waals surface area contributed by atoms with E-state index in [0.29, 0.717) is 42.1 Å². The monoisotopic (exact) mass is 564 g/mol. The maximum Gasteiger partial charge on any atom is 0.417 e. The van der Waals surface area contributed by atoms with Crippen molar-refractivity contribution in [2.75, 3.05) is 20.8 Å². The molecule has 0 saturated carbocycles. The summed E-state index contributed by atoms with van der Waals surface area (Å²) in [4.78, 5) is 11.7. The largest absolute Gasteiger partial charge is 0.492 e. The molecule has 2 aliphatic heterocycles. The molecule has 3 aromatic carbocycles. The Morgan fingerprint density at radius 1 is 1.07 bits per heavy atom. The number of carbonyl (C=O) groups is 1. The molecule has 3 unspecified atom stereocenters. The quantitative estimate of drug-likeness (QED) is 0.338. The SMILES string of the molecule is COC(=O)CC1COc2cc(OC3CCc4c3ccc(C(F)(F)F)c4-c3ccc(C4=CC(C)NN4C)cc3)ccc21. The van der Waals surface area contributed by atoms with Crippen molar-refractivity contribution in [3.05, 3.63) is 88.5 Å². The van der Waals surface area contributed by atoms with Gasteiger partial charge in [0.15, 0.2) is 0 Å². The third-order valence-electron chi connectivity index (χ3n) is 8.08. The molecule has 0 fully saturated rings. The van der Waals surface area contributed by atoms with Crippen LogP contribution in [0.25, 0.3) is 16.8 Å². The van der Waals surface area contributed by atoms with Gasteiger partial charge in [-0.05, 0) is 65.8 Å². The lowest BCUT2D eigenvalue weighted by Gasteiger charge is -2.21.